The summed E-state index contributed by atoms with van der Waals surface area (Å²) < 4.78 is 0. The number of aromatic nitrogens is 2. The average molecular weight is 913 g/mol. The lowest BCUT2D eigenvalue weighted by Gasteiger charge is -2.34. The van der Waals surface area contributed by atoms with Gasteiger partial charge in [-0.15, -0.1) is 26.3 Å². The van der Waals surface area contributed by atoms with Gasteiger partial charge in [0.1, 0.15) is 11.6 Å². The number of hydrogen-bond acceptors (Lipinski definition) is 4. The molecule has 2 heterocycles. The van der Waals surface area contributed by atoms with Gasteiger partial charge < -0.3 is 0 Å². The van der Waals surface area contributed by atoms with Crippen LogP contribution in [0.5, 0.6) is 0 Å². The van der Waals surface area contributed by atoms with Gasteiger partial charge in [-0.2, -0.15) is 0 Å². The first-order valence-corrected chi connectivity index (χ1v) is 24.1. The fourth-order valence-electron chi connectivity index (χ4n) is 10.7. The Morgan fingerprint density at radius 3 is 0.986 bits per heavy atom. The van der Waals surface area contributed by atoms with E-state index in [0.717, 1.165) is 99.0 Å². The third-order valence-corrected chi connectivity index (χ3v) is 13.9. The minimum Gasteiger partial charge on any atom is -0.292 e. The zero-order valence-corrected chi connectivity index (χ0v) is 40.3. The molecule has 340 valence electrons. The Bertz CT molecular complexity index is 4090. The van der Waals surface area contributed by atoms with Gasteiger partial charge >= 0.3 is 0 Å². The van der Waals surface area contributed by atoms with E-state index in [1.54, 1.807) is 0 Å². The van der Waals surface area contributed by atoms with Gasteiger partial charge in [-0.3, -0.25) is 9.80 Å². The van der Waals surface area contributed by atoms with Crippen molar-refractivity contribution in [3.05, 3.63) is 256 Å². The molecule has 13 aromatic rings. The number of hydrogen-bond donors (Lipinski definition) is 0. The molecule has 0 fully saturated rings. The highest BCUT2D eigenvalue weighted by Gasteiger charge is 2.31. The maximum atomic E-state index is 5.41. The third-order valence-electron chi connectivity index (χ3n) is 13.9. The van der Waals surface area contributed by atoms with E-state index < -0.39 is 0 Å². The van der Waals surface area contributed by atoms with Crippen molar-refractivity contribution in [2.45, 2.75) is 20.8 Å². The van der Waals surface area contributed by atoms with Crippen LogP contribution in [0.4, 0.5) is 34.4 Å². The van der Waals surface area contributed by atoms with Gasteiger partial charge in [-0.25, -0.2) is 9.97 Å². The Balaban J connectivity index is 0.00000134. The molecule has 0 spiro atoms. The van der Waals surface area contributed by atoms with E-state index in [-0.39, 0.29) is 0 Å². The molecule has 0 aliphatic rings. The number of anilines is 6. The molecule has 0 saturated heterocycles. The Morgan fingerprint density at radius 1 is 0.282 bits per heavy atom. The van der Waals surface area contributed by atoms with Crippen molar-refractivity contribution in [2.24, 2.45) is 0 Å². The fourth-order valence-corrected chi connectivity index (χ4v) is 10.7. The van der Waals surface area contributed by atoms with E-state index in [1.165, 1.54) is 38.2 Å². The fraction of sp³-hybridized carbons (Fsp3) is 0.0448. The van der Waals surface area contributed by atoms with Crippen LogP contribution in [0, 0.1) is 20.8 Å². The highest BCUT2D eigenvalue weighted by atomic mass is 15.2. The van der Waals surface area contributed by atoms with Crippen molar-refractivity contribution in [3.8, 4) is 0 Å². The molecule has 4 nitrogen and oxygen atoms in total. The van der Waals surface area contributed by atoms with Gasteiger partial charge in [-0.05, 0) is 107 Å². The molecule has 11 aromatic carbocycles. The lowest BCUT2D eigenvalue weighted by molar-refractivity contribution is 1.22. The summed E-state index contributed by atoms with van der Waals surface area (Å²) in [5.74, 6) is 1.75. The molecular formula is C67H52N4. The molecule has 0 atom stereocenters. The second-order valence-corrected chi connectivity index (χ2v) is 17.9. The Labute approximate surface area is 414 Å². The predicted molar refractivity (Wildman–Crippen MR) is 308 cm³/mol. The highest BCUT2D eigenvalue weighted by Crippen LogP contribution is 2.56. The first kappa shape index (κ1) is 44.4. The maximum absolute atomic E-state index is 5.41. The number of fused-ring (bicyclic) bond motifs is 8. The molecule has 13 rings (SSSR count). The van der Waals surface area contributed by atoms with Crippen LogP contribution in [-0.2, 0) is 0 Å². The van der Waals surface area contributed by atoms with Crippen LogP contribution >= 0.6 is 0 Å². The minimum absolute atomic E-state index is 0.876. The highest BCUT2D eigenvalue weighted by molar-refractivity contribution is 6.29. The van der Waals surface area contributed by atoms with Gasteiger partial charge in [0.05, 0.1) is 22.7 Å². The van der Waals surface area contributed by atoms with E-state index in [1.807, 2.05) is 12.4 Å². The van der Waals surface area contributed by atoms with Crippen LogP contribution in [0.3, 0.4) is 0 Å². The molecule has 0 N–H and O–H groups in total. The Hall–Kier alpha value is -9.12. The first-order valence-electron chi connectivity index (χ1n) is 24.1. The van der Waals surface area contributed by atoms with E-state index in [4.69, 9.17) is 9.97 Å². The monoisotopic (exact) mass is 912 g/mol. The normalized spacial score (nSPS) is 11.3. The van der Waals surface area contributed by atoms with E-state index in [9.17, 15) is 0 Å². The number of aryl methyl sites for hydroxylation is 3. The minimum atomic E-state index is 0.876. The third kappa shape index (κ3) is 7.31. The Morgan fingerprint density at radius 2 is 0.592 bits per heavy atom. The zero-order valence-electron chi connectivity index (χ0n) is 40.3. The van der Waals surface area contributed by atoms with Crippen molar-refractivity contribution in [3.63, 3.8) is 0 Å². The first-order chi connectivity index (χ1) is 35.0. The van der Waals surface area contributed by atoms with Crippen LogP contribution in [0.2, 0.25) is 0 Å². The van der Waals surface area contributed by atoms with Gasteiger partial charge in [0.2, 0.25) is 0 Å². The molecular weight excluding hydrogens is 861 g/mol. The summed E-state index contributed by atoms with van der Waals surface area (Å²) in [6.45, 7) is 18.7. The summed E-state index contributed by atoms with van der Waals surface area (Å²) in [6.07, 6.45) is 3.94. The van der Waals surface area contributed by atoms with Crippen molar-refractivity contribution < 1.29 is 0 Å². The summed E-state index contributed by atoms with van der Waals surface area (Å²) in [7, 11) is 0. The smallest absolute Gasteiger partial charge is 0.145 e. The maximum Gasteiger partial charge on any atom is 0.145 e. The second kappa shape index (κ2) is 18.4. The van der Waals surface area contributed by atoms with Gasteiger partial charge in [0.25, 0.3) is 0 Å². The topological polar surface area (TPSA) is 32.3 Å². The summed E-state index contributed by atoms with van der Waals surface area (Å²) >= 11 is 0. The lowest BCUT2D eigenvalue weighted by Crippen LogP contribution is -2.17. The summed E-state index contributed by atoms with van der Waals surface area (Å²) in [5, 5.41) is 18.2. The molecule has 0 amide bonds. The molecule has 0 unspecified atom stereocenters. The molecule has 0 radical (unpaired) electrons. The molecule has 71 heavy (non-hydrogen) atoms. The molecule has 2 aromatic heterocycles. The summed E-state index contributed by atoms with van der Waals surface area (Å²) in [4.78, 5) is 15.8. The van der Waals surface area contributed by atoms with Crippen molar-refractivity contribution in [2.75, 3.05) is 9.80 Å². The summed E-state index contributed by atoms with van der Waals surface area (Å²) in [5.41, 5.74) is 7.95. The Kier molecular flexibility index (Phi) is 11.5. The summed E-state index contributed by atoms with van der Waals surface area (Å²) in [6, 6.07) is 73.3. The predicted octanol–water partition coefficient (Wildman–Crippen LogP) is 19.2. The number of rotatable bonds is 6. The van der Waals surface area contributed by atoms with E-state index in [0.29, 0.717) is 0 Å². The van der Waals surface area contributed by atoms with E-state index in [2.05, 4.69) is 257 Å². The van der Waals surface area contributed by atoms with Gasteiger partial charge in [0, 0.05) is 66.3 Å². The van der Waals surface area contributed by atoms with Crippen molar-refractivity contribution >= 4 is 121 Å². The van der Waals surface area contributed by atoms with Gasteiger partial charge in [-0.1, -0.05) is 163 Å². The average Bonchev–Trinajstić information content (AvgIpc) is 3.42. The van der Waals surface area contributed by atoms with Crippen LogP contribution in [-0.4, -0.2) is 9.97 Å². The van der Waals surface area contributed by atoms with Crippen LogP contribution in [0.1, 0.15) is 16.7 Å². The van der Waals surface area contributed by atoms with Crippen molar-refractivity contribution in [1.82, 2.24) is 9.97 Å². The van der Waals surface area contributed by atoms with Crippen LogP contribution in [0.25, 0.3) is 86.2 Å². The number of pyridine rings is 2. The number of nitrogens with zero attached hydrogens (tertiary/aromatic N) is 4. The zero-order chi connectivity index (χ0) is 48.8. The second-order valence-electron chi connectivity index (χ2n) is 17.9. The van der Waals surface area contributed by atoms with Crippen LogP contribution < -0.4 is 9.80 Å². The molecule has 0 aliphatic heterocycles. The lowest BCUT2D eigenvalue weighted by atomic mass is 9.90. The number of benzene rings is 11. The largest absolute Gasteiger partial charge is 0.292 e. The molecule has 0 bridgehead atoms. The molecule has 4 heteroatoms. The van der Waals surface area contributed by atoms with Crippen molar-refractivity contribution in [1.29, 1.82) is 0 Å². The van der Waals surface area contributed by atoms with Crippen LogP contribution in [0.15, 0.2) is 239 Å². The molecule has 0 aliphatic carbocycles. The standard InChI is InChI=1S/C63H44N4.2C2H4/c1-39-28-29-54-55(34-39)61(67(63-53-27-15-5-17-43(53)31-33-65-63)59-50-24-12-8-20-46(50)38-47-21-9-13-25-51(47)59)57-36-41(3)40(2)35-56(57)60(54)66(62-52-26-14-4-16-42(52)30-32-64-62)58-48-22-10-6-18-44(48)37-45-19-7-11-23-49(45)58;2*1-2/h4-38H,1-3H3;2*1-2H2. The quantitative estimate of drug-likeness (QED) is 0.0945. The van der Waals surface area contributed by atoms with Gasteiger partial charge in [0.15, 0.2) is 0 Å². The SMILES string of the molecule is C=C.C=C.Cc1ccc2c(N(c3nccc4ccccc34)c3c4ccccc4cc4ccccc34)c3cc(C)c(C)cc3c(N(c3nccc4ccccc34)c3c4ccccc4cc4ccccc34)c2c1. The van der Waals surface area contributed by atoms with E-state index >= 15 is 0 Å². The molecule has 0 saturated carbocycles.